The van der Waals surface area contributed by atoms with E-state index in [1.807, 2.05) is 32.0 Å². The average Bonchev–Trinajstić information content (AvgIpc) is 2.51. The van der Waals surface area contributed by atoms with Crippen LogP contribution in [0.1, 0.15) is 50.9 Å². The van der Waals surface area contributed by atoms with Gasteiger partial charge >= 0.3 is 5.97 Å². The average molecular weight is 340 g/mol. The van der Waals surface area contributed by atoms with Crippen LogP contribution in [-0.2, 0) is 14.3 Å². The van der Waals surface area contributed by atoms with Crippen molar-refractivity contribution in [3.63, 3.8) is 0 Å². The van der Waals surface area contributed by atoms with E-state index < -0.39 is 11.9 Å². The lowest BCUT2D eigenvalue weighted by Crippen LogP contribution is -2.38. The zero-order chi connectivity index (χ0) is 18.4. The van der Waals surface area contributed by atoms with E-state index in [4.69, 9.17) is 4.74 Å². The number of allylic oxidation sites excluding steroid dienone is 3. The van der Waals surface area contributed by atoms with Crippen LogP contribution >= 0.6 is 0 Å². The van der Waals surface area contributed by atoms with Crippen LogP contribution in [0.2, 0.25) is 0 Å². The Balaban J connectivity index is 2.21. The number of Topliss-reactive ketones (excluding diaryl/α,β-unsaturated/α-hetero) is 1. The predicted octanol–water partition coefficient (Wildman–Crippen LogP) is 3.17. The molecule has 2 heterocycles. The molecule has 1 aromatic heterocycles. The van der Waals surface area contributed by atoms with Crippen LogP contribution in [-0.4, -0.2) is 23.8 Å². The van der Waals surface area contributed by atoms with Gasteiger partial charge in [-0.2, -0.15) is 0 Å². The smallest absolute Gasteiger partial charge is 0.336 e. The molecule has 5 heteroatoms. The Kier molecular flexibility index (Phi) is 4.27. The van der Waals surface area contributed by atoms with Gasteiger partial charge in [-0.3, -0.25) is 9.78 Å². The number of ketones is 1. The van der Waals surface area contributed by atoms with Gasteiger partial charge in [-0.15, -0.1) is 0 Å². The number of pyridine rings is 1. The molecule has 0 fully saturated rings. The zero-order valence-corrected chi connectivity index (χ0v) is 15.4. The lowest BCUT2D eigenvalue weighted by atomic mass is 9.69. The van der Waals surface area contributed by atoms with Crippen molar-refractivity contribution >= 4 is 11.8 Å². The number of aromatic nitrogens is 1. The Labute approximate surface area is 148 Å². The van der Waals surface area contributed by atoms with Crippen molar-refractivity contribution in [2.45, 2.75) is 46.5 Å². The first-order chi connectivity index (χ1) is 11.7. The van der Waals surface area contributed by atoms with Crippen molar-refractivity contribution in [1.29, 1.82) is 0 Å². The monoisotopic (exact) mass is 340 g/mol. The minimum Gasteiger partial charge on any atom is -0.466 e. The largest absolute Gasteiger partial charge is 0.466 e. The van der Waals surface area contributed by atoms with Crippen molar-refractivity contribution in [3.8, 4) is 0 Å². The summed E-state index contributed by atoms with van der Waals surface area (Å²) in [5.74, 6) is -0.837. The quantitative estimate of drug-likeness (QED) is 0.838. The van der Waals surface area contributed by atoms with E-state index in [0.29, 0.717) is 23.3 Å². The Bertz CT molecular complexity index is 818. The summed E-state index contributed by atoms with van der Waals surface area (Å²) >= 11 is 0. The highest BCUT2D eigenvalue weighted by Crippen LogP contribution is 2.46. The molecule has 1 N–H and O–H groups in total. The second-order valence-corrected chi connectivity index (χ2v) is 7.63. The topological polar surface area (TPSA) is 68.3 Å². The van der Waals surface area contributed by atoms with Gasteiger partial charge in [0.25, 0.3) is 0 Å². The normalized spacial score (nSPS) is 22.4. The van der Waals surface area contributed by atoms with E-state index in [1.54, 1.807) is 0 Å². The SMILES string of the molecule is COC(=O)C1=C(C)NC2=C(C(=O)CC(C)(C)C2)[C@H]1c1cccc(C)n1. The van der Waals surface area contributed by atoms with E-state index in [2.05, 4.69) is 24.1 Å². The third-order valence-corrected chi connectivity index (χ3v) is 4.85. The van der Waals surface area contributed by atoms with Crippen molar-refractivity contribution in [2.75, 3.05) is 7.11 Å². The molecule has 0 amide bonds. The number of ether oxygens (including phenoxy) is 1. The van der Waals surface area contributed by atoms with Gasteiger partial charge in [0.15, 0.2) is 5.78 Å². The number of carbonyl (C=O) groups is 2. The fourth-order valence-electron chi connectivity index (χ4n) is 3.84. The molecule has 0 unspecified atom stereocenters. The van der Waals surface area contributed by atoms with Crippen molar-refractivity contribution < 1.29 is 14.3 Å². The fraction of sp³-hybridized carbons (Fsp3) is 0.450. The summed E-state index contributed by atoms with van der Waals surface area (Å²) in [5, 5.41) is 3.29. The minimum atomic E-state index is -0.479. The summed E-state index contributed by atoms with van der Waals surface area (Å²) in [5.41, 5.74) is 4.21. The maximum Gasteiger partial charge on any atom is 0.336 e. The molecular formula is C20H24N2O3. The molecule has 0 spiro atoms. The summed E-state index contributed by atoms with van der Waals surface area (Å²) < 4.78 is 5.00. The molecule has 1 atom stereocenters. The molecular weight excluding hydrogens is 316 g/mol. The molecule has 5 nitrogen and oxygen atoms in total. The Morgan fingerprint density at radius 3 is 2.64 bits per heavy atom. The Morgan fingerprint density at radius 2 is 2.00 bits per heavy atom. The van der Waals surface area contributed by atoms with Crippen molar-refractivity contribution in [1.82, 2.24) is 10.3 Å². The number of methoxy groups -OCH3 is 1. The van der Waals surface area contributed by atoms with Gasteiger partial charge in [-0.25, -0.2) is 4.79 Å². The number of nitrogens with one attached hydrogen (secondary N) is 1. The maximum atomic E-state index is 13.0. The molecule has 0 saturated carbocycles. The van der Waals surface area contributed by atoms with E-state index in [-0.39, 0.29) is 11.2 Å². The molecule has 0 radical (unpaired) electrons. The van der Waals surface area contributed by atoms with Gasteiger partial charge in [-0.1, -0.05) is 19.9 Å². The highest BCUT2D eigenvalue weighted by Gasteiger charge is 2.43. The van der Waals surface area contributed by atoms with E-state index in [9.17, 15) is 9.59 Å². The molecule has 132 valence electrons. The predicted molar refractivity (Wildman–Crippen MR) is 94.6 cm³/mol. The lowest BCUT2D eigenvalue weighted by Gasteiger charge is -2.39. The second-order valence-electron chi connectivity index (χ2n) is 7.63. The standard InChI is InChI=1S/C20H24N2O3/c1-11-7-6-8-13(21-11)18-16(19(24)25-5)12(2)22-14-9-20(3,4)10-15(23)17(14)18/h6-8,18,22H,9-10H2,1-5H3/t18-/m0/s1. The number of hydrogen-bond donors (Lipinski definition) is 1. The zero-order valence-electron chi connectivity index (χ0n) is 15.4. The number of carbonyl (C=O) groups excluding carboxylic acids is 2. The Morgan fingerprint density at radius 1 is 1.28 bits per heavy atom. The van der Waals surface area contributed by atoms with Crippen LogP contribution in [0.3, 0.4) is 0 Å². The highest BCUT2D eigenvalue weighted by molar-refractivity contribution is 6.04. The van der Waals surface area contributed by atoms with Crippen LogP contribution in [0.5, 0.6) is 0 Å². The van der Waals surface area contributed by atoms with Gasteiger partial charge in [-0.05, 0) is 37.8 Å². The molecule has 0 bridgehead atoms. The van der Waals surface area contributed by atoms with Crippen LogP contribution in [0.4, 0.5) is 0 Å². The molecule has 1 aromatic rings. The molecule has 3 rings (SSSR count). The first kappa shape index (κ1) is 17.4. The molecule has 0 saturated heterocycles. The number of hydrogen-bond acceptors (Lipinski definition) is 5. The second kappa shape index (κ2) is 6.14. The summed E-state index contributed by atoms with van der Waals surface area (Å²) in [6, 6.07) is 5.68. The van der Waals surface area contributed by atoms with Crippen LogP contribution in [0.15, 0.2) is 40.7 Å². The summed E-state index contributed by atoms with van der Waals surface area (Å²) in [4.78, 5) is 30.1. The van der Waals surface area contributed by atoms with Crippen LogP contribution in [0.25, 0.3) is 0 Å². The lowest BCUT2D eigenvalue weighted by molar-refractivity contribution is -0.136. The number of aryl methyl sites for hydroxylation is 1. The fourth-order valence-corrected chi connectivity index (χ4v) is 3.84. The molecule has 1 aliphatic carbocycles. The third-order valence-electron chi connectivity index (χ3n) is 4.85. The summed E-state index contributed by atoms with van der Waals surface area (Å²) in [6.45, 7) is 7.93. The summed E-state index contributed by atoms with van der Waals surface area (Å²) in [6.07, 6.45) is 1.23. The van der Waals surface area contributed by atoms with E-state index in [1.165, 1.54) is 7.11 Å². The van der Waals surface area contributed by atoms with E-state index in [0.717, 1.165) is 23.5 Å². The van der Waals surface area contributed by atoms with Gasteiger partial charge in [0, 0.05) is 29.1 Å². The molecule has 1 aliphatic heterocycles. The van der Waals surface area contributed by atoms with Gasteiger partial charge < -0.3 is 10.1 Å². The van der Waals surface area contributed by atoms with E-state index >= 15 is 0 Å². The minimum absolute atomic E-state index is 0.0703. The van der Waals surface area contributed by atoms with Crippen molar-refractivity contribution in [3.05, 3.63) is 52.1 Å². The third kappa shape index (κ3) is 3.11. The summed E-state index contributed by atoms with van der Waals surface area (Å²) in [7, 11) is 1.36. The number of esters is 1. The maximum absolute atomic E-state index is 13.0. The number of rotatable bonds is 2. The van der Waals surface area contributed by atoms with Crippen LogP contribution in [0, 0.1) is 12.3 Å². The van der Waals surface area contributed by atoms with Gasteiger partial charge in [0.2, 0.25) is 0 Å². The van der Waals surface area contributed by atoms with Crippen LogP contribution < -0.4 is 5.32 Å². The first-order valence-corrected chi connectivity index (χ1v) is 8.49. The van der Waals surface area contributed by atoms with Gasteiger partial charge in [0.1, 0.15) is 0 Å². The van der Waals surface area contributed by atoms with Crippen molar-refractivity contribution in [2.24, 2.45) is 5.41 Å². The molecule has 25 heavy (non-hydrogen) atoms. The highest BCUT2D eigenvalue weighted by atomic mass is 16.5. The number of nitrogens with zero attached hydrogens (tertiary/aromatic N) is 1. The molecule has 2 aliphatic rings. The molecule has 0 aromatic carbocycles. The van der Waals surface area contributed by atoms with Gasteiger partial charge in [0.05, 0.1) is 24.3 Å². The Hall–Kier alpha value is -2.43. The first-order valence-electron chi connectivity index (χ1n) is 8.49. The number of dihydropyridines is 1.